The summed E-state index contributed by atoms with van der Waals surface area (Å²) in [6, 6.07) is -0.334. The molecule has 1 rings (SSSR count). The van der Waals surface area contributed by atoms with Crippen molar-refractivity contribution in [2.45, 2.75) is 58.1 Å². The summed E-state index contributed by atoms with van der Waals surface area (Å²) in [5.41, 5.74) is 0. The number of carbonyl (C=O) groups excluding carboxylic acids is 1. The summed E-state index contributed by atoms with van der Waals surface area (Å²) in [6.45, 7) is 3.99. The molecule has 1 aliphatic carbocycles. The Kier molecular flexibility index (Phi) is 6.31. The van der Waals surface area contributed by atoms with Crippen molar-refractivity contribution in [2.24, 2.45) is 10.9 Å². The largest absolute Gasteiger partial charge is 0.461 e. The zero-order valence-electron chi connectivity index (χ0n) is 9.99. The van der Waals surface area contributed by atoms with Crippen molar-refractivity contribution in [3.05, 3.63) is 0 Å². The van der Waals surface area contributed by atoms with E-state index >= 15 is 0 Å². The van der Waals surface area contributed by atoms with Crippen LogP contribution in [0.2, 0.25) is 0 Å². The van der Waals surface area contributed by atoms with Crippen molar-refractivity contribution in [2.75, 3.05) is 0 Å². The van der Waals surface area contributed by atoms with E-state index in [9.17, 15) is 4.79 Å². The summed E-state index contributed by atoms with van der Waals surface area (Å²) in [6.07, 6.45) is 5.80. The molecule has 3 nitrogen and oxygen atoms in total. The minimum absolute atomic E-state index is 0.131. The molecule has 0 unspecified atom stereocenters. The fraction of sp³-hybridized carbons (Fsp3) is 0.833. The van der Waals surface area contributed by atoms with Crippen LogP contribution >= 0.6 is 22.6 Å². The van der Waals surface area contributed by atoms with Crippen LogP contribution in [0.4, 0.5) is 0 Å². The maximum atomic E-state index is 11.9. The van der Waals surface area contributed by atoms with Gasteiger partial charge in [0.15, 0.2) is 0 Å². The van der Waals surface area contributed by atoms with E-state index in [1.165, 1.54) is 19.3 Å². The fourth-order valence-electron chi connectivity index (χ4n) is 1.98. The number of carbonyl (C=O) groups is 1. The van der Waals surface area contributed by atoms with Gasteiger partial charge in [-0.25, -0.2) is 4.79 Å². The highest BCUT2D eigenvalue weighted by molar-refractivity contribution is 14.1. The lowest BCUT2D eigenvalue weighted by Gasteiger charge is -2.24. The minimum atomic E-state index is -0.334. The van der Waals surface area contributed by atoms with Crippen molar-refractivity contribution >= 4 is 32.8 Å². The van der Waals surface area contributed by atoms with Gasteiger partial charge in [0.05, 0.1) is 4.22 Å². The molecule has 1 aliphatic rings. The molecule has 0 N–H and O–H groups in total. The molecule has 0 aromatic heterocycles. The van der Waals surface area contributed by atoms with Gasteiger partial charge in [0.2, 0.25) is 0 Å². The monoisotopic (exact) mass is 337 g/mol. The maximum absolute atomic E-state index is 11.9. The number of ether oxygens (including phenoxy) is 1. The molecule has 0 aliphatic heterocycles. The first-order valence-electron chi connectivity index (χ1n) is 5.97. The van der Waals surface area contributed by atoms with Gasteiger partial charge in [0.25, 0.3) is 0 Å². The Labute approximate surface area is 111 Å². The molecule has 1 saturated carbocycles. The first-order valence-corrected chi connectivity index (χ1v) is 7.22. The first kappa shape index (κ1) is 13.9. The van der Waals surface area contributed by atoms with Gasteiger partial charge < -0.3 is 4.74 Å². The average Bonchev–Trinajstić information content (AvgIpc) is 2.26. The number of halogens is 1. The van der Waals surface area contributed by atoms with Gasteiger partial charge in [-0.2, -0.15) is 0 Å². The molecule has 0 aromatic carbocycles. The highest BCUT2D eigenvalue weighted by Crippen LogP contribution is 2.21. The molecule has 0 saturated heterocycles. The van der Waals surface area contributed by atoms with Crippen molar-refractivity contribution in [1.29, 1.82) is 0 Å². The molecule has 92 valence electrons. The standard InChI is InChI=1S/C12H20INO2/c1-9(2)11(14-8-13)12(15)16-10-6-4-3-5-7-10/h8-11H,3-7H2,1-2H3/t11-/m0/s1. The lowest BCUT2D eigenvalue weighted by molar-refractivity contribution is -0.153. The van der Waals surface area contributed by atoms with Gasteiger partial charge in [-0.05, 0) is 54.2 Å². The molecule has 0 amide bonds. The third kappa shape index (κ3) is 4.39. The lowest BCUT2D eigenvalue weighted by atomic mass is 9.97. The second-order valence-electron chi connectivity index (χ2n) is 4.63. The van der Waals surface area contributed by atoms with Crippen molar-refractivity contribution in [3.8, 4) is 0 Å². The molecule has 4 heteroatoms. The van der Waals surface area contributed by atoms with Gasteiger partial charge in [-0.3, -0.25) is 4.99 Å². The summed E-state index contributed by atoms with van der Waals surface area (Å²) in [5.74, 6) is 0.0388. The zero-order chi connectivity index (χ0) is 12.0. The lowest BCUT2D eigenvalue weighted by Crippen LogP contribution is -2.31. The van der Waals surface area contributed by atoms with E-state index in [1.54, 1.807) is 4.22 Å². The Bertz CT molecular complexity index is 247. The van der Waals surface area contributed by atoms with Gasteiger partial charge in [0, 0.05) is 0 Å². The Hall–Kier alpha value is -0.130. The predicted octanol–water partition coefficient (Wildman–Crippen LogP) is 3.35. The molecular formula is C12H20INO2. The van der Waals surface area contributed by atoms with Crippen LogP contribution in [0.15, 0.2) is 4.99 Å². The third-order valence-electron chi connectivity index (χ3n) is 2.92. The molecule has 0 radical (unpaired) electrons. The number of rotatable bonds is 4. The van der Waals surface area contributed by atoms with Gasteiger partial charge in [-0.15, -0.1) is 0 Å². The van der Waals surface area contributed by atoms with Crippen LogP contribution in [0.25, 0.3) is 0 Å². The molecule has 0 aromatic rings. The van der Waals surface area contributed by atoms with E-state index in [0.29, 0.717) is 0 Å². The number of nitrogens with zero attached hydrogens (tertiary/aromatic N) is 1. The molecule has 1 fully saturated rings. The molecule has 1 atom stereocenters. The van der Waals surface area contributed by atoms with Crippen LogP contribution in [-0.2, 0) is 9.53 Å². The van der Waals surface area contributed by atoms with Crippen LogP contribution in [-0.4, -0.2) is 22.3 Å². The predicted molar refractivity (Wildman–Crippen MR) is 74.1 cm³/mol. The normalized spacial score (nSPS) is 20.2. The smallest absolute Gasteiger partial charge is 0.331 e. The van der Waals surface area contributed by atoms with E-state index in [2.05, 4.69) is 4.99 Å². The van der Waals surface area contributed by atoms with Crippen molar-refractivity contribution in [3.63, 3.8) is 0 Å². The number of hydrogen-bond acceptors (Lipinski definition) is 3. The summed E-state index contributed by atoms with van der Waals surface area (Å²) < 4.78 is 7.17. The quantitative estimate of drug-likeness (QED) is 0.448. The average molecular weight is 337 g/mol. The van der Waals surface area contributed by atoms with Crippen molar-refractivity contribution in [1.82, 2.24) is 0 Å². The number of hydrogen-bond donors (Lipinski definition) is 0. The Morgan fingerprint density at radius 1 is 1.38 bits per heavy atom. The van der Waals surface area contributed by atoms with E-state index in [0.717, 1.165) is 12.8 Å². The summed E-state index contributed by atoms with van der Waals surface area (Å²) in [7, 11) is 0. The summed E-state index contributed by atoms with van der Waals surface area (Å²) in [4.78, 5) is 16.1. The van der Waals surface area contributed by atoms with E-state index < -0.39 is 0 Å². The number of aliphatic imine (C=N–C) groups is 1. The zero-order valence-corrected chi connectivity index (χ0v) is 12.1. The molecule has 0 spiro atoms. The summed E-state index contributed by atoms with van der Waals surface area (Å²) >= 11 is 2.04. The van der Waals surface area contributed by atoms with E-state index in [1.807, 2.05) is 36.4 Å². The first-order chi connectivity index (χ1) is 7.65. The second-order valence-corrected chi connectivity index (χ2v) is 5.19. The van der Waals surface area contributed by atoms with Crippen LogP contribution in [0, 0.1) is 5.92 Å². The van der Waals surface area contributed by atoms with Gasteiger partial charge in [-0.1, -0.05) is 20.3 Å². The molecule has 0 bridgehead atoms. The van der Waals surface area contributed by atoms with E-state index in [4.69, 9.17) is 4.74 Å². The maximum Gasteiger partial charge on any atom is 0.331 e. The Balaban J connectivity index is 2.47. The highest BCUT2D eigenvalue weighted by Gasteiger charge is 2.26. The highest BCUT2D eigenvalue weighted by atomic mass is 127. The molecule has 0 heterocycles. The van der Waals surface area contributed by atoms with Gasteiger partial charge >= 0.3 is 5.97 Å². The van der Waals surface area contributed by atoms with E-state index in [-0.39, 0.29) is 24.0 Å². The van der Waals surface area contributed by atoms with Crippen LogP contribution < -0.4 is 0 Å². The van der Waals surface area contributed by atoms with Gasteiger partial charge in [0.1, 0.15) is 12.1 Å². The molecule has 16 heavy (non-hydrogen) atoms. The second kappa shape index (κ2) is 7.25. The topological polar surface area (TPSA) is 38.7 Å². The van der Waals surface area contributed by atoms with Crippen LogP contribution in [0.3, 0.4) is 0 Å². The van der Waals surface area contributed by atoms with Crippen molar-refractivity contribution < 1.29 is 9.53 Å². The Morgan fingerprint density at radius 3 is 2.50 bits per heavy atom. The van der Waals surface area contributed by atoms with Crippen LogP contribution in [0.1, 0.15) is 46.0 Å². The summed E-state index contributed by atoms with van der Waals surface area (Å²) in [5, 5.41) is 0. The Morgan fingerprint density at radius 2 is 2.00 bits per heavy atom. The minimum Gasteiger partial charge on any atom is -0.461 e. The SMILES string of the molecule is CC(C)[C@H](N=CI)C(=O)OC1CCCCC1. The fourth-order valence-corrected chi connectivity index (χ4v) is 2.33. The van der Waals surface area contributed by atoms with Crippen LogP contribution in [0.5, 0.6) is 0 Å². The number of esters is 1. The third-order valence-corrected chi connectivity index (χ3v) is 3.25. The molecular weight excluding hydrogens is 317 g/mol.